The Morgan fingerprint density at radius 1 is 0.844 bits per heavy atom. The Labute approximate surface area is 176 Å². The number of benzene rings is 2. The molecule has 0 saturated carbocycles. The van der Waals surface area contributed by atoms with Crippen molar-refractivity contribution >= 4 is 28.6 Å². The lowest BCUT2D eigenvalue weighted by Gasteiger charge is -2.12. The molecule has 166 valence electrons. The largest absolute Gasteiger partial charge is 0.416 e. The molecule has 4 rings (SSSR count). The van der Waals surface area contributed by atoms with E-state index in [0.717, 1.165) is 24.3 Å². The van der Waals surface area contributed by atoms with E-state index in [-0.39, 0.29) is 24.0 Å². The number of hydrogen-bond donors (Lipinski definition) is 3. The van der Waals surface area contributed by atoms with E-state index in [1.807, 2.05) is 0 Å². The van der Waals surface area contributed by atoms with Crippen LogP contribution in [0.3, 0.4) is 0 Å². The monoisotopic (exact) mass is 452 g/mol. The van der Waals surface area contributed by atoms with Crippen LogP contribution in [0.2, 0.25) is 0 Å². The molecule has 2 heterocycles. The van der Waals surface area contributed by atoms with Gasteiger partial charge in [0.25, 0.3) is 0 Å². The van der Waals surface area contributed by atoms with Crippen molar-refractivity contribution in [2.45, 2.75) is 18.9 Å². The fourth-order valence-electron chi connectivity index (χ4n) is 2.93. The van der Waals surface area contributed by atoms with E-state index < -0.39 is 23.5 Å². The van der Waals surface area contributed by atoms with Crippen LogP contribution in [-0.2, 0) is 18.9 Å². The van der Waals surface area contributed by atoms with Gasteiger partial charge in [-0.15, -0.1) is 0 Å². The number of nitrogens with one attached hydrogen (secondary N) is 3. The predicted octanol–water partition coefficient (Wildman–Crippen LogP) is 5.75. The molecule has 6 nitrogen and oxygen atoms in total. The van der Waals surface area contributed by atoms with E-state index in [9.17, 15) is 26.3 Å². The van der Waals surface area contributed by atoms with Gasteiger partial charge in [0.1, 0.15) is 5.52 Å². The Morgan fingerprint density at radius 2 is 1.56 bits per heavy atom. The summed E-state index contributed by atoms with van der Waals surface area (Å²) in [4.78, 5) is 15.4. The fourth-order valence-corrected chi connectivity index (χ4v) is 2.93. The summed E-state index contributed by atoms with van der Waals surface area (Å²) in [5, 5.41) is 5.75. The third-order valence-corrected chi connectivity index (χ3v) is 4.47. The average molecular weight is 452 g/mol. The molecule has 3 N–H and O–H groups in total. The lowest BCUT2D eigenvalue weighted by molar-refractivity contribution is -0.138. The molecule has 32 heavy (non-hydrogen) atoms. The van der Waals surface area contributed by atoms with E-state index in [0.29, 0.717) is 16.8 Å². The van der Waals surface area contributed by atoms with Crippen molar-refractivity contribution in [3.05, 3.63) is 71.5 Å². The first-order valence-electron chi connectivity index (χ1n) is 9.15. The normalized spacial score (nSPS) is 12.2. The highest BCUT2D eigenvalue weighted by molar-refractivity contribution is 5.84. The number of halogens is 6. The van der Waals surface area contributed by atoms with Gasteiger partial charge >= 0.3 is 12.4 Å². The molecule has 0 fully saturated rings. The number of fused-ring (bicyclic) bond motifs is 1. The van der Waals surface area contributed by atoms with Gasteiger partial charge in [0, 0.05) is 12.2 Å². The molecule has 0 aliphatic rings. The Hall–Kier alpha value is -3.83. The van der Waals surface area contributed by atoms with Gasteiger partial charge in [-0.1, -0.05) is 12.1 Å². The minimum Gasteiger partial charge on any atom is -0.364 e. The van der Waals surface area contributed by atoms with Crippen molar-refractivity contribution in [1.29, 1.82) is 0 Å². The lowest BCUT2D eigenvalue weighted by atomic mass is 10.1. The molecule has 0 unspecified atom stereocenters. The van der Waals surface area contributed by atoms with Gasteiger partial charge < -0.3 is 15.6 Å². The Morgan fingerprint density at radius 3 is 2.25 bits per heavy atom. The maximum absolute atomic E-state index is 12.9. The van der Waals surface area contributed by atoms with Crippen LogP contribution in [0.15, 0.2) is 54.9 Å². The second kappa shape index (κ2) is 8.02. The van der Waals surface area contributed by atoms with E-state index in [1.165, 1.54) is 30.6 Å². The van der Waals surface area contributed by atoms with Crippen LogP contribution >= 0.6 is 0 Å². The molecular formula is C20H14F6N6. The van der Waals surface area contributed by atoms with Crippen molar-refractivity contribution in [3.63, 3.8) is 0 Å². The van der Waals surface area contributed by atoms with E-state index in [4.69, 9.17) is 0 Å². The molecule has 0 radical (unpaired) electrons. The number of H-pyrrole nitrogens is 1. The summed E-state index contributed by atoms with van der Waals surface area (Å²) in [5.74, 6) is 0.315. The number of hydrogen-bond acceptors (Lipinski definition) is 5. The molecule has 0 aliphatic carbocycles. The summed E-state index contributed by atoms with van der Waals surface area (Å²) < 4.78 is 76.9. The molecule has 2 aromatic heterocycles. The highest BCUT2D eigenvalue weighted by atomic mass is 19.4. The zero-order chi connectivity index (χ0) is 22.9. The number of nitrogens with zero attached hydrogens (tertiary/aromatic N) is 3. The predicted molar refractivity (Wildman–Crippen MR) is 105 cm³/mol. The highest BCUT2D eigenvalue weighted by Crippen LogP contribution is 2.31. The van der Waals surface area contributed by atoms with Gasteiger partial charge in [0.05, 0.1) is 17.5 Å². The van der Waals surface area contributed by atoms with Gasteiger partial charge in [-0.05, 0) is 42.0 Å². The molecule has 0 bridgehead atoms. The molecule has 0 amide bonds. The third kappa shape index (κ3) is 4.74. The standard InChI is InChI=1S/C20H14F6N6/c21-19(22,23)12-4-6-14(7-5-12)30-18-31-16(15-17(32-18)29-10-28-15)27-9-11-2-1-3-13(8-11)20(24,25)26/h1-8,10H,9H2,(H3,27,28,29,30,31,32). The smallest absolute Gasteiger partial charge is 0.364 e. The minimum absolute atomic E-state index is 0.0365. The number of alkyl halides is 6. The van der Waals surface area contributed by atoms with Crippen LogP contribution < -0.4 is 10.6 Å². The van der Waals surface area contributed by atoms with Gasteiger partial charge in [-0.2, -0.15) is 36.3 Å². The first-order chi connectivity index (χ1) is 15.1. The van der Waals surface area contributed by atoms with Crippen molar-refractivity contribution in [2.24, 2.45) is 0 Å². The summed E-state index contributed by atoms with van der Waals surface area (Å²) >= 11 is 0. The topological polar surface area (TPSA) is 78.5 Å². The quantitative estimate of drug-likeness (QED) is 0.336. The molecule has 0 atom stereocenters. The van der Waals surface area contributed by atoms with E-state index in [2.05, 4.69) is 30.6 Å². The first kappa shape index (κ1) is 21.4. The molecule has 4 aromatic rings. The van der Waals surface area contributed by atoms with Crippen LogP contribution in [0.1, 0.15) is 16.7 Å². The first-order valence-corrected chi connectivity index (χ1v) is 9.15. The van der Waals surface area contributed by atoms with Crippen LogP contribution in [0.4, 0.5) is 43.8 Å². The van der Waals surface area contributed by atoms with E-state index in [1.54, 1.807) is 0 Å². The number of rotatable bonds is 5. The van der Waals surface area contributed by atoms with Gasteiger partial charge in [0.2, 0.25) is 5.95 Å². The summed E-state index contributed by atoms with van der Waals surface area (Å²) in [6.07, 6.45) is -7.54. The number of aromatic amines is 1. The summed E-state index contributed by atoms with van der Waals surface area (Å²) in [6, 6.07) is 9.16. The van der Waals surface area contributed by atoms with Crippen molar-refractivity contribution in [1.82, 2.24) is 19.9 Å². The molecule has 0 aliphatic heterocycles. The van der Waals surface area contributed by atoms with Gasteiger partial charge in [0.15, 0.2) is 11.5 Å². The van der Waals surface area contributed by atoms with Gasteiger partial charge in [-0.3, -0.25) is 0 Å². The molecule has 0 spiro atoms. The zero-order valence-corrected chi connectivity index (χ0v) is 16.0. The van der Waals surface area contributed by atoms with E-state index >= 15 is 0 Å². The fraction of sp³-hybridized carbons (Fsp3) is 0.150. The van der Waals surface area contributed by atoms with Crippen molar-refractivity contribution < 1.29 is 26.3 Å². The second-order valence-electron chi connectivity index (χ2n) is 6.75. The summed E-state index contributed by atoms with van der Waals surface area (Å²) in [7, 11) is 0. The third-order valence-electron chi connectivity index (χ3n) is 4.47. The number of imidazole rings is 1. The molecule has 0 saturated heterocycles. The molecule has 12 heteroatoms. The molecule has 2 aromatic carbocycles. The summed E-state index contributed by atoms with van der Waals surface area (Å²) in [5.41, 5.74) is -0.179. The van der Waals surface area contributed by atoms with Gasteiger partial charge in [-0.25, -0.2) is 4.98 Å². The Balaban J connectivity index is 1.56. The van der Waals surface area contributed by atoms with Crippen LogP contribution in [0.25, 0.3) is 11.2 Å². The van der Waals surface area contributed by atoms with Crippen LogP contribution in [0, 0.1) is 0 Å². The SMILES string of the molecule is FC(F)(F)c1ccc(Nc2nc(NCc3cccc(C(F)(F)F)c3)c3[nH]cnc3n2)cc1. The number of aromatic nitrogens is 4. The second-order valence-corrected chi connectivity index (χ2v) is 6.75. The zero-order valence-electron chi connectivity index (χ0n) is 16.0. The summed E-state index contributed by atoms with van der Waals surface area (Å²) in [6.45, 7) is 0.0365. The Bertz CT molecular complexity index is 1230. The maximum atomic E-state index is 12.9. The lowest BCUT2D eigenvalue weighted by Crippen LogP contribution is -2.08. The Kier molecular flexibility index (Phi) is 5.36. The maximum Gasteiger partial charge on any atom is 0.416 e. The van der Waals surface area contributed by atoms with Crippen LogP contribution in [-0.4, -0.2) is 19.9 Å². The molecular weight excluding hydrogens is 438 g/mol. The number of anilines is 3. The highest BCUT2D eigenvalue weighted by Gasteiger charge is 2.31. The van der Waals surface area contributed by atoms with Crippen LogP contribution in [0.5, 0.6) is 0 Å². The minimum atomic E-state index is -4.46. The average Bonchev–Trinajstić information content (AvgIpc) is 3.20. The van der Waals surface area contributed by atoms with Crippen molar-refractivity contribution in [2.75, 3.05) is 10.6 Å². The van der Waals surface area contributed by atoms with Crippen molar-refractivity contribution in [3.8, 4) is 0 Å².